The molecule has 6 heteroatoms. The smallest absolute Gasteiger partial charge is 0.285 e. The summed E-state index contributed by atoms with van der Waals surface area (Å²) in [6, 6.07) is 11.6. The molecule has 132 valence electrons. The van der Waals surface area contributed by atoms with Gasteiger partial charge < -0.3 is 19.4 Å². The van der Waals surface area contributed by atoms with Gasteiger partial charge in [-0.1, -0.05) is 11.8 Å². The molecule has 1 N–H and O–H groups in total. The van der Waals surface area contributed by atoms with Crippen molar-refractivity contribution in [2.75, 3.05) is 26.7 Å². The van der Waals surface area contributed by atoms with Gasteiger partial charge in [0.1, 0.15) is 0 Å². The number of methoxy groups -OCH3 is 1. The molecule has 1 amide bonds. The summed E-state index contributed by atoms with van der Waals surface area (Å²) < 4.78 is 10.5. The van der Waals surface area contributed by atoms with Gasteiger partial charge in [-0.15, -0.1) is 0 Å². The van der Waals surface area contributed by atoms with Gasteiger partial charge >= 0.3 is 0 Å². The van der Waals surface area contributed by atoms with E-state index in [4.69, 9.17) is 9.15 Å². The number of carbonyl (C=O) groups is 1. The fraction of sp³-hybridized carbons (Fsp3) is 0.421. The second-order valence-corrected chi connectivity index (χ2v) is 7.70. The van der Waals surface area contributed by atoms with Gasteiger partial charge in [-0.05, 0) is 62.2 Å². The lowest BCUT2D eigenvalue weighted by molar-refractivity contribution is 0.0620. The zero-order chi connectivity index (χ0) is 17.2. The highest BCUT2D eigenvalue weighted by molar-refractivity contribution is 7.99. The second-order valence-electron chi connectivity index (χ2n) is 6.62. The quantitative estimate of drug-likeness (QED) is 0.889. The number of carbonyl (C=O) groups excluding carboxylic acids is 1. The number of piperidine rings is 3. The van der Waals surface area contributed by atoms with Crippen LogP contribution in [0.15, 0.2) is 50.8 Å². The zero-order valence-corrected chi connectivity index (χ0v) is 15.1. The van der Waals surface area contributed by atoms with E-state index in [1.54, 1.807) is 13.2 Å². The van der Waals surface area contributed by atoms with Crippen molar-refractivity contribution in [1.82, 2.24) is 10.2 Å². The van der Waals surface area contributed by atoms with Gasteiger partial charge in [-0.2, -0.15) is 0 Å². The number of fused-ring (bicyclic) bond motifs is 3. The molecule has 3 fully saturated rings. The van der Waals surface area contributed by atoms with Crippen LogP contribution in [0.25, 0.3) is 0 Å². The molecule has 0 unspecified atom stereocenters. The van der Waals surface area contributed by atoms with Crippen LogP contribution in [-0.4, -0.2) is 43.6 Å². The number of furan rings is 1. The van der Waals surface area contributed by atoms with Crippen LogP contribution in [0.2, 0.25) is 0 Å². The molecule has 2 bridgehead atoms. The van der Waals surface area contributed by atoms with Gasteiger partial charge in [-0.25, -0.2) is 0 Å². The molecule has 25 heavy (non-hydrogen) atoms. The Hall–Kier alpha value is -1.92. The third-order valence-corrected chi connectivity index (χ3v) is 5.99. The first-order chi connectivity index (χ1) is 12.2. The summed E-state index contributed by atoms with van der Waals surface area (Å²) in [5, 5.41) is 3.99. The topological polar surface area (TPSA) is 54.7 Å². The van der Waals surface area contributed by atoms with Crippen molar-refractivity contribution in [3.8, 4) is 5.95 Å². The first-order valence-electron chi connectivity index (χ1n) is 8.66. The van der Waals surface area contributed by atoms with Crippen molar-refractivity contribution >= 4 is 17.7 Å². The van der Waals surface area contributed by atoms with Crippen LogP contribution in [0.5, 0.6) is 5.95 Å². The van der Waals surface area contributed by atoms with E-state index in [2.05, 4.69) is 10.2 Å². The van der Waals surface area contributed by atoms with Gasteiger partial charge in [-0.3, -0.25) is 4.79 Å². The van der Waals surface area contributed by atoms with Crippen molar-refractivity contribution in [1.29, 1.82) is 0 Å². The Bertz CT molecular complexity index is 735. The summed E-state index contributed by atoms with van der Waals surface area (Å²) in [4.78, 5) is 16.0. The zero-order valence-electron chi connectivity index (χ0n) is 14.2. The molecule has 3 aliphatic heterocycles. The van der Waals surface area contributed by atoms with Crippen molar-refractivity contribution < 1.29 is 13.9 Å². The average Bonchev–Trinajstić information content (AvgIpc) is 3.11. The molecule has 0 saturated carbocycles. The molecule has 2 aromatic rings. The van der Waals surface area contributed by atoms with Gasteiger partial charge in [0.15, 0.2) is 5.09 Å². The van der Waals surface area contributed by atoms with Crippen molar-refractivity contribution in [2.24, 2.45) is 5.92 Å². The summed E-state index contributed by atoms with van der Waals surface area (Å²) in [7, 11) is 1.58. The van der Waals surface area contributed by atoms with Crippen LogP contribution < -0.4 is 10.1 Å². The van der Waals surface area contributed by atoms with Crippen LogP contribution in [0, 0.1) is 5.92 Å². The van der Waals surface area contributed by atoms with E-state index in [0.29, 0.717) is 23.5 Å². The lowest BCUT2D eigenvalue weighted by Gasteiger charge is -2.44. The maximum absolute atomic E-state index is 12.5. The predicted molar refractivity (Wildman–Crippen MR) is 96.2 cm³/mol. The molecule has 0 spiro atoms. The molecule has 1 atom stereocenters. The third-order valence-electron chi connectivity index (χ3n) is 5.07. The molecule has 1 aromatic heterocycles. The van der Waals surface area contributed by atoms with Crippen LogP contribution in [-0.2, 0) is 0 Å². The maximum atomic E-state index is 12.5. The second kappa shape index (κ2) is 7.14. The standard InChI is InChI=1S/C19H22N2O3S/c1-23-17-6-7-18(24-17)25-15-4-2-14(3-5-15)19(22)20-16-12-21-10-8-13(16)9-11-21/h2-7,13,16H,8-12H2,1H3,(H,20,22)/t16-/m0/s1. The van der Waals surface area contributed by atoms with Gasteiger partial charge in [0.05, 0.1) is 7.11 Å². The predicted octanol–water partition coefficient (Wildman–Crippen LogP) is 3.26. The number of amides is 1. The minimum atomic E-state index is 0.0231. The van der Waals surface area contributed by atoms with Gasteiger partial charge in [0.25, 0.3) is 11.9 Å². The van der Waals surface area contributed by atoms with E-state index >= 15 is 0 Å². The highest BCUT2D eigenvalue weighted by atomic mass is 32.2. The number of rotatable bonds is 5. The Kier molecular flexibility index (Phi) is 4.72. The molecular formula is C19H22N2O3S. The van der Waals surface area contributed by atoms with Crippen LogP contribution >= 0.6 is 11.8 Å². The molecule has 5 nitrogen and oxygen atoms in total. The molecule has 0 radical (unpaired) electrons. The molecule has 3 saturated heterocycles. The van der Waals surface area contributed by atoms with Crippen LogP contribution in [0.1, 0.15) is 23.2 Å². The summed E-state index contributed by atoms with van der Waals surface area (Å²) in [6.07, 6.45) is 2.40. The normalized spacial score (nSPS) is 24.9. The number of hydrogen-bond donors (Lipinski definition) is 1. The first kappa shape index (κ1) is 16.5. The molecule has 5 rings (SSSR count). The maximum Gasteiger partial charge on any atom is 0.285 e. The summed E-state index contributed by atoms with van der Waals surface area (Å²) >= 11 is 1.50. The van der Waals surface area contributed by atoms with E-state index in [1.165, 1.54) is 37.7 Å². The number of hydrogen-bond acceptors (Lipinski definition) is 5. The summed E-state index contributed by atoms with van der Waals surface area (Å²) in [5.41, 5.74) is 0.706. The minimum absolute atomic E-state index is 0.0231. The Morgan fingerprint density at radius 2 is 1.96 bits per heavy atom. The molecule has 0 aliphatic carbocycles. The van der Waals surface area contributed by atoms with E-state index in [0.717, 1.165) is 16.5 Å². The lowest BCUT2D eigenvalue weighted by atomic mass is 9.84. The van der Waals surface area contributed by atoms with Crippen LogP contribution in [0.4, 0.5) is 0 Å². The van der Waals surface area contributed by atoms with Crippen LogP contribution in [0.3, 0.4) is 0 Å². The highest BCUT2D eigenvalue weighted by Crippen LogP contribution is 2.32. The van der Waals surface area contributed by atoms with Gasteiger partial charge in [0, 0.05) is 29.1 Å². The lowest BCUT2D eigenvalue weighted by Crippen LogP contribution is -2.57. The Morgan fingerprint density at radius 1 is 1.20 bits per heavy atom. The molecular weight excluding hydrogens is 336 g/mol. The fourth-order valence-electron chi connectivity index (χ4n) is 3.64. The largest absolute Gasteiger partial charge is 0.468 e. The third kappa shape index (κ3) is 3.70. The van der Waals surface area contributed by atoms with E-state index in [-0.39, 0.29) is 5.91 Å². The average molecular weight is 358 g/mol. The summed E-state index contributed by atoms with van der Waals surface area (Å²) in [5.74, 6) is 1.16. The SMILES string of the molecule is COc1ccc(Sc2ccc(C(=O)N[C@H]3CN4CCC3CC4)cc2)o1. The number of nitrogens with zero attached hydrogens (tertiary/aromatic N) is 1. The van der Waals surface area contributed by atoms with Gasteiger partial charge in [0.2, 0.25) is 0 Å². The van der Waals surface area contributed by atoms with Crippen molar-refractivity contribution in [3.05, 3.63) is 42.0 Å². The Morgan fingerprint density at radius 3 is 2.56 bits per heavy atom. The Balaban J connectivity index is 1.37. The minimum Gasteiger partial charge on any atom is -0.468 e. The Labute approximate surface area is 151 Å². The highest BCUT2D eigenvalue weighted by Gasteiger charge is 2.34. The molecule has 1 aromatic carbocycles. The number of nitrogens with one attached hydrogen (secondary N) is 1. The van der Waals surface area contributed by atoms with E-state index < -0.39 is 0 Å². The fourth-order valence-corrected chi connectivity index (χ4v) is 4.40. The summed E-state index contributed by atoms with van der Waals surface area (Å²) in [6.45, 7) is 3.35. The number of ether oxygens (including phenoxy) is 1. The van der Waals surface area contributed by atoms with E-state index in [9.17, 15) is 4.79 Å². The van der Waals surface area contributed by atoms with E-state index in [1.807, 2.05) is 30.3 Å². The monoisotopic (exact) mass is 358 g/mol. The first-order valence-corrected chi connectivity index (χ1v) is 9.48. The number of benzene rings is 1. The molecule has 3 aliphatic rings. The van der Waals surface area contributed by atoms with Crippen molar-refractivity contribution in [2.45, 2.75) is 28.9 Å². The van der Waals surface area contributed by atoms with Crippen molar-refractivity contribution in [3.63, 3.8) is 0 Å². The molecule has 4 heterocycles.